The monoisotopic (exact) mass is 185 g/mol. The summed E-state index contributed by atoms with van der Waals surface area (Å²) in [4.78, 5) is 0. The van der Waals surface area contributed by atoms with Crippen LogP contribution in [-0.4, -0.2) is 12.8 Å². The summed E-state index contributed by atoms with van der Waals surface area (Å²) < 4.78 is 5.54. The first-order chi connectivity index (χ1) is 5.86. The average molecular weight is 185 g/mol. The minimum atomic E-state index is 0.816. The molecule has 68 valence electrons. The van der Waals surface area contributed by atoms with Crippen molar-refractivity contribution in [3.8, 4) is 0 Å². The van der Waals surface area contributed by atoms with E-state index in [0.717, 1.165) is 29.6 Å². The summed E-state index contributed by atoms with van der Waals surface area (Å²) in [5.41, 5.74) is 0. The topological polar surface area (TPSA) is 25.2 Å². The lowest BCUT2D eigenvalue weighted by Crippen LogP contribution is -2.03. The van der Waals surface area contributed by atoms with Crippen molar-refractivity contribution in [3.05, 3.63) is 23.7 Å². The van der Waals surface area contributed by atoms with Gasteiger partial charge in [0.05, 0.1) is 12.3 Å². The van der Waals surface area contributed by atoms with E-state index < -0.39 is 0 Å². The van der Waals surface area contributed by atoms with E-state index in [1.165, 1.54) is 0 Å². The molecule has 0 aromatic carbocycles. The van der Waals surface area contributed by atoms with Gasteiger partial charge in [-0.05, 0) is 24.9 Å². The fraction of sp³-hybridized carbons (Fsp3) is 0.556. The standard InChI is InChI=1S/C9H15NOS/c1-3-12-7-9-5-4-8(11-9)6-10-2/h4-5,10H,3,6-7H2,1-2H3. The maximum Gasteiger partial charge on any atom is 0.117 e. The molecule has 0 aliphatic carbocycles. The van der Waals surface area contributed by atoms with Crippen LogP contribution in [0.3, 0.4) is 0 Å². The zero-order valence-electron chi connectivity index (χ0n) is 7.59. The normalized spacial score (nSPS) is 10.5. The third-order valence-electron chi connectivity index (χ3n) is 1.52. The molecule has 1 aromatic heterocycles. The molecule has 0 spiro atoms. The van der Waals surface area contributed by atoms with Gasteiger partial charge < -0.3 is 9.73 Å². The van der Waals surface area contributed by atoms with Crippen molar-refractivity contribution in [2.24, 2.45) is 0 Å². The molecule has 0 fully saturated rings. The van der Waals surface area contributed by atoms with E-state index in [4.69, 9.17) is 4.42 Å². The van der Waals surface area contributed by atoms with E-state index in [9.17, 15) is 0 Å². The Morgan fingerprint density at radius 3 is 2.83 bits per heavy atom. The number of thioether (sulfide) groups is 1. The summed E-state index contributed by atoms with van der Waals surface area (Å²) in [6.45, 7) is 2.97. The molecule has 0 amide bonds. The van der Waals surface area contributed by atoms with Gasteiger partial charge in [-0.2, -0.15) is 11.8 Å². The minimum absolute atomic E-state index is 0.816. The molecule has 0 atom stereocenters. The highest BCUT2D eigenvalue weighted by Crippen LogP contribution is 2.14. The summed E-state index contributed by atoms with van der Waals surface area (Å²) >= 11 is 1.88. The van der Waals surface area contributed by atoms with Gasteiger partial charge in [0.1, 0.15) is 11.5 Å². The van der Waals surface area contributed by atoms with E-state index in [0.29, 0.717) is 0 Å². The van der Waals surface area contributed by atoms with Gasteiger partial charge in [-0.25, -0.2) is 0 Å². The lowest BCUT2D eigenvalue weighted by Gasteiger charge is -1.95. The second-order valence-electron chi connectivity index (χ2n) is 2.54. The molecule has 0 radical (unpaired) electrons. The van der Waals surface area contributed by atoms with Crippen molar-refractivity contribution in [1.29, 1.82) is 0 Å². The SMILES string of the molecule is CCSCc1ccc(CNC)o1. The molecular formula is C9H15NOS. The summed E-state index contributed by atoms with van der Waals surface area (Å²) in [7, 11) is 1.92. The highest BCUT2D eigenvalue weighted by atomic mass is 32.2. The lowest BCUT2D eigenvalue weighted by molar-refractivity contribution is 0.469. The minimum Gasteiger partial charge on any atom is -0.464 e. The van der Waals surface area contributed by atoms with Crippen LogP contribution in [-0.2, 0) is 12.3 Å². The van der Waals surface area contributed by atoms with Crippen LogP contribution in [0.4, 0.5) is 0 Å². The largest absolute Gasteiger partial charge is 0.464 e. The van der Waals surface area contributed by atoms with E-state index in [-0.39, 0.29) is 0 Å². The van der Waals surface area contributed by atoms with Crippen molar-refractivity contribution in [2.45, 2.75) is 19.2 Å². The number of furan rings is 1. The lowest BCUT2D eigenvalue weighted by atomic mass is 10.4. The highest BCUT2D eigenvalue weighted by molar-refractivity contribution is 7.98. The zero-order chi connectivity index (χ0) is 8.81. The Morgan fingerprint density at radius 1 is 1.42 bits per heavy atom. The molecule has 0 saturated carbocycles. The van der Waals surface area contributed by atoms with Crippen molar-refractivity contribution in [3.63, 3.8) is 0 Å². The Morgan fingerprint density at radius 2 is 2.17 bits per heavy atom. The number of rotatable bonds is 5. The Balaban J connectivity index is 2.41. The molecule has 1 rings (SSSR count). The van der Waals surface area contributed by atoms with Crippen LogP contribution in [0.25, 0.3) is 0 Å². The molecule has 0 saturated heterocycles. The molecular weight excluding hydrogens is 170 g/mol. The van der Waals surface area contributed by atoms with Crippen LogP contribution >= 0.6 is 11.8 Å². The Labute approximate surface area is 77.7 Å². The molecule has 1 N–H and O–H groups in total. The Hall–Kier alpha value is -0.410. The van der Waals surface area contributed by atoms with Crippen LogP contribution in [0.5, 0.6) is 0 Å². The van der Waals surface area contributed by atoms with Gasteiger partial charge in [0, 0.05) is 0 Å². The molecule has 2 nitrogen and oxygen atoms in total. The van der Waals surface area contributed by atoms with Crippen molar-refractivity contribution >= 4 is 11.8 Å². The van der Waals surface area contributed by atoms with Crippen molar-refractivity contribution in [1.82, 2.24) is 5.32 Å². The smallest absolute Gasteiger partial charge is 0.117 e. The van der Waals surface area contributed by atoms with E-state index in [1.807, 2.05) is 24.9 Å². The van der Waals surface area contributed by atoms with Crippen LogP contribution in [0.15, 0.2) is 16.5 Å². The first-order valence-corrected chi connectivity index (χ1v) is 5.32. The van der Waals surface area contributed by atoms with Crippen LogP contribution in [0.2, 0.25) is 0 Å². The van der Waals surface area contributed by atoms with Gasteiger partial charge >= 0.3 is 0 Å². The third-order valence-corrected chi connectivity index (χ3v) is 2.41. The van der Waals surface area contributed by atoms with Gasteiger partial charge in [-0.1, -0.05) is 6.92 Å². The molecule has 12 heavy (non-hydrogen) atoms. The third kappa shape index (κ3) is 2.91. The molecule has 0 aliphatic rings. The number of hydrogen-bond donors (Lipinski definition) is 1. The number of hydrogen-bond acceptors (Lipinski definition) is 3. The fourth-order valence-electron chi connectivity index (χ4n) is 0.972. The first kappa shape index (κ1) is 9.68. The van der Waals surface area contributed by atoms with Gasteiger partial charge in [-0.15, -0.1) is 0 Å². The molecule has 1 heterocycles. The Bertz CT molecular complexity index is 222. The average Bonchev–Trinajstić information content (AvgIpc) is 2.50. The quantitative estimate of drug-likeness (QED) is 0.761. The maximum absolute atomic E-state index is 5.54. The van der Waals surface area contributed by atoms with Gasteiger partial charge in [0.2, 0.25) is 0 Å². The van der Waals surface area contributed by atoms with E-state index in [2.05, 4.69) is 18.3 Å². The molecule has 0 unspecified atom stereocenters. The van der Waals surface area contributed by atoms with Gasteiger partial charge in [-0.3, -0.25) is 0 Å². The zero-order valence-corrected chi connectivity index (χ0v) is 8.41. The Kier molecular flexibility index (Phi) is 4.25. The summed E-state index contributed by atoms with van der Waals surface area (Å²) in [6.07, 6.45) is 0. The second-order valence-corrected chi connectivity index (χ2v) is 3.81. The van der Waals surface area contributed by atoms with E-state index in [1.54, 1.807) is 0 Å². The van der Waals surface area contributed by atoms with Crippen LogP contribution < -0.4 is 5.32 Å². The highest BCUT2D eigenvalue weighted by Gasteiger charge is 1.99. The molecule has 3 heteroatoms. The van der Waals surface area contributed by atoms with Gasteiger partial charge in [0.15, 0.2) is 0 Å². The fourth-order valence-corrected chi connectivity index (χ4v) is 1.53. The molecule has 0 bridgehead atoms. The van der Waals surface area contributed by atoms with E-state index >= 15 is 0 Å². The predicted octanol–water partition coefficient (Wildman–Crippen LogP) is 2.25. The molecule has 1 aromatic rings. The number of nitrogens with one attached hydrogen (secondary N) is 1. The first-order valence-electron chi connectivity index (χ1n) is 4.16. The van der Waals surface area contributed by atoms with Crippen molar-refractivity contribution in [2.75, 3.05) is 12.8 Å². The predicted molar refractivity (Wildman–Crippen MR) is 53.3 cm³/mol. The summed E-state index contributed by atoms with van der Waals surface area (Å²) in [6, 6.07) is 4.08. The summed E-state index contributed by atoms with van der Waals surface area (Å²) in [5.74, 6) is 4.22. The van der Waals surface area contributed by atoms with Crippen LogP contribution in [0.1, 0.15) is 18.4 Å². The summed E-state index contributed by atoms with van der Waals surface area (Å²) in [5, 5.41) is 3.05. The molecule has 0 aliphatic heterocycles. The second kappa shape index (κ2) is 5.27. The van der Waals surface area contributed by atoms with Gasteiger partial charge in [0.25, 0.3) is 0 Å². The maximum atomic E-state index is 5.54. The van der Waals surface area contributed by atoms with Crippen molar-refractivity contribution < 1.29 is 4.42 Å². The van der Waals surface area contributed by atoms with Crippen LogP contribution in [0, 0.1) is 0 Å².